The summed E-state index contributed by atoms with van der Waals surface area (Å²) in [6, 6.07) is 7.90. The Hall–Kier alpha value is -1.97. The Morgan fingerprint density at radius 2 is 2.16 bits per heavy atom. The number of aryl methyl sites for hydroxylation is 1. The highest BCUT2D eigenvalue weighted by molar-refractivity contribution is 5.99. The van der Waals surface area contributed by atoms with Crippen LogP contribution in [0.3, 0.4) is 0 Å². The molecule has 1 N–H and O–H groups in total. The smallest absolute Gasteiger partial charge is 0.268 e. The third-order valence-corrected chi connectivity index (χ3v) is 3.48. The van der Waals surface area contributed by atoms with Crippen LogP contribution in [0.15, 0.2) is 24.3 Å². The first-order chi connectivity index (χ1) is 9.06. The molecule has 1 amide bonds. The number of amides is 1. The maximum Gasteiger partial charge on any atom is 0.268 e. The van der Waals surface area contributed by atoms with Crippen molar-refractivity contribution in [2.24, 2.45) is 7.05 Å². The predicted octanol–water partition coefficient (Wildman–Crippen LogP) is 2.72. The number of aromatic nitrogens is 1. The molecule has 0 saturated heterocycles. The van der Waals surface area contributed by atoms with E-state index in [0.29, 0.717) is 5.69 Å². The molecule has 0 aliphatic carbocycles. The number of methoxy groups -OCH3 is 1. The van der Waals surface area contributed by atoms with Crippen LogP contribution in [0.25, 0.3) is 10.9 Å². The molecule has 0 saturated carbocycles. The van der Waals surface area contributed by atoms with E-state index < -0.39 is 0 Å². The number of benzene rings is 1. The molecule has 0 radical (unpaired) electrons. The third kappa shape index (κ3) is 2.57. The fraction of sp³-hybridized carbons (Fsp3) is 0.400. The van der Waals surface area contributed by atoms with Crippen molar-refractivity contribution in [2.75, 3.05) is 7.11 Å². The van der Waals surface area contributed by atoms with E-state index in [9.17, 15) is 4.79 Å². The molecule has 4 nitrogen and oxygen atoms in total. The lowest BCUT2D eigenvalue weighted by molar-refractivity contribution is 0.0931. The predicted molar refractivity (Wildman–Crippen MR) is 76.7 cm³/mol. The van der Waals surface area contributed by atoms with Crippen molar-refractivity contribution < 1.29 is 9.53 Å². The summed E-state index contributed by atoms with van der Waals surface area (Å²) in [6.45, 7) is 4.06. The average Bonchev–Trinajstić information content (AvgIpc) is 2.75. The zero-order chi connectivity index (χ0) is 14.0. The van der Waals surface area contributed by atoms with E-state index in [0.717, 1.165) is 23.1 Å². The molecule has 4 heteroatoms. The van der Waals surface area contributed by atoms with E-state index >= 15 is 0 Å². The molecule has 2 rings (SSSR count). The van der Waals surface area contributed by atoms with Gasteiger partial charge in [-0.2, -0.15) is 0 Å². The summed E-state index contributed by atoms with van der Waals surface area (Å²) in [5.41, 5.74) is 1.66. The van der Waals surface area contributed by atoms with Gasteiger partial charge in [-0.15, -0.1) is 0 Å². The molecule has 0 fully saturated rings. The summed E-state index contributed by atoms with van der Waals surface area (Å²) in [7, 11) is 3.54. The zero-order valence-corrected chi connectivity index (χ0v) is 11.9. The Kier molecular flexibility index (Phi) is 3.79. The second-order valence-corrected chi connectivity index (χ2v) is 4.80. The Bertz CT molecular complexity index is 601. The van der Waals surface area contributed by atoms with Gasteiger partial charge in [0.05, 0.1) is 12.6 Å². The largest absolute Gasteiger partial charge is 0.497 e. The first kappa shape index (κ1) is 13.5. The first-order valence-corrected chi connectivity index (χ1v) is 6.51. The van der Waals surface area contributed by atoms with Crippen LogP contribution in [-0.2, 0) is 7.05 Å². The summed E-state index contributed by atoms with van der Waals surface area (Å²) >= 11 is 0. The minimum atomic E-state index is -0.0352. The van der Waals surface area contributed by atoms with Gasteiger partial charge in [0.2, 0.25) is 0 Å². The molecule has 1 unspecified atom stereocenters. The van der Waals surface area contributed by atoms with Crippen molar-refractivity contribution in [3.63, 3.8) is 0 Å². The van der Waals surface area contributed by atoms with Gasteiger partial charge >= 0.3 is 0 Å². The van der Waals surface area contributed by atoms with Crippen LogP contribution in [0, 0.1) is 0 Å². The van der Waals surface area contributed by atoms with Crippen molar-refractivity contribution in [1.82, 2.24) is 9.88 Å². The van der Waals surface area contributed by atoms with E-state index in [4.69, 9.17) is 4.74 Å². The molecule has 0 aliphatic rings. The number of fused-ring (bicyclic) bond motifs is 1. The van der Waals surface area contributed by atoms with Crippen molar-refractivity contribution >= 4 is 16.8 Å². The topological polar surface area (TPSA) is 43.3 Å². The molecule has 0 spiro atoms. The summed E-state index contributed by atoms with van der Waals surface area (Å²) < 4.78 is 7.11. The SMILES string of the molecule is CCC(C)NC(=O)c1cc2ccc(OC)cc2n1C. The van der Waals surface area contributed by atoms with Gasteiger partial charge in [0.25, 0.3) is 5.91 Å². The molecule has 102 valence electrons. The molecular formula is C15H20N2O2. The molecule has 2 aromatic rings. The van der Waals surface area contributed by atoms with E-state index in [1.807, 2.05) is 42.8 Å². The number of nitrogens with zero attached hydrogens (tertiary/aromatic N) is 1. The maximum absolute atomic E-state index is 12.2. The van der Waals surface area contributed by atoms with Gasteiger partial charge in [0.1, 0.15) is 11.4 Å². The molecular weight excluding hydrogens is 240 g/mol. The number of carbonyl (C=O) groups excluding carboxylic acids is 1. The van der Waals surface area contributed by atoms with Crippen LogP contribution >= 0.6 is 0 Å². The van der Waals surface area contributed by atoms with Crippen LogP contribution in [0.4, 0.5) is 0 Å². The number of nitrogens with one attached hydrogen (secondary N) is 1. The molecule has 0 aliphatic heterocycles. The fourth-order valence-corrected chi connectivity index (χ4v) is 2.05. The number of hydrogen-bond acceptors (Lipinski definition) is 2. The van der Waals surface area contributed by atoms with E-state index in [1.54, 1.807) is 7.11 Å². The summed E-state index contributed by atoms with van der Waals surface area (Å²) in [4.78, 5) is 12.2. The van der Waals surface area contributed by atoms with Crippen molar-refractivity contribution in [3.8, 4) is 5.75 Å². The van der Waals surface area contributed by atoms with E-state index in [1.165, 1.54) is 0 Å². The highest BCUT2D eigenvalue weighted by Crippen LogP contribution is 2.23. The lowest BCUT2D eigenvalue weighted by Crippen LogP contribution is -2.33. The molecule has 19 heavy (non-hydrogen) atoms. The number of ether oxygens (including phenoxy) is 1. The lowest BCUT2D eigenvalue weighted by Gasteiger charge is -2.11. The van der Waals surface area contributed by atoms with Gasteiger partial charge in [-0.05, 0) is 31.5 Å². The summed E-state index contributed by atoms with van der Waals surface area (Å²) in [6.07, 6.45) is 0.920. The van der Waals surface area contributed by atoms with Crippen LogP contribution < -0.4 is 10.1 Å². The summed E-state index contributed by atoms with van der Waals surface area (Å²) in [5.74, 6) is 0.759. The Balaban J connectivity index is 2.39. The highest BCUT2D eigenvalue weighted by Gasteiger charge is 2.15. The third-order valence-electron chi connectivity index (χ3n) is 3.48. The standard InChI is InChI=1S/C15H20N2O2/c1-5-10(2)16-15(18)14-8-11-6-7-12(19-4)9-13(11)17(14)3/h6-10H,5H2,1-4H3,(H,16,18). The fourth-order valence-electron chi connectivity index (χ4n) is 2.05. The Labute approximate surface area is 113 Å². The van der Waals surface area contributed by atoms with Gasteiger partial charge in [0, 0.05) is 24.5 Å². The van der Waals surface area contributed by atoms with Crippen LogP contribution in [0.2, 0.25) is 0 Å². The van der Waals surface area contributed by atoms with Crippen LogP contribution in [0.5, 0.6) is 5.75 Å². The zero-order valence-electron chi connectivity index (χ0n) is 11.9. The molecule has 0 bridgehead atoms. The van der Waals surface area contributed by atoms with Gasteiger partial charge < -0.3 is 14.6 Å². The van der Waals surface area contributed by atoms with E-state index in [2.05, 4.69) is 12.2 Å². The van der Waals surface area contributed by atoms with Crippen molar-refractivity contribution in [3.05, 3.63) is 30.0 Å². The van der Waals surface area contributed by atoms with Crippen molar-refractivity contribution in [2.45, 2.75) is 26.3 Å². The van der Waals surface area contributed by atoms with Gasteiger partial charge in [-0.1, -0.05) is 6.92 Å². The average molecular weight is 260 g/mol. The normalized spacial score (nSPS) is 12.4. The number of rotatable bonds is 4. The highest BCUT2D eigenvalue weighted by atomic mass is 16.5. The molecule has 1 aromatic heterocycles. The van der Waals surface area contributed by atoms with Gasteiger partial charge in [-0.25, -0.2) is 0 Å². The second kappa shape index (κ2) is 5.34. The van der Waals surface area contributed by atoms with Gasteiger partial charge in [-0.3, -0.25) is 4.79 Å². The lowest BCUT2D eigenvalue weighted by atomic mass is 10.2. The monoisotopic (exact) mass is 260 g/mol. The Morgan fingerprint density at radius 1 is 1.42 bits per heavy atom. The molecule has 1 heterocycles. The minimum Gasteiger partial charge on any atom is -0.497 e. The second-order valence-electron chi connectivity index (χ2n) is 4.80. The van der Waals surface area contributed by atoms with Crippen LogP contribution in [0.1, 0.15) is 30.8 Å². The quantitative estimate of drug-likeness (QED) is 0.918. The minimum absolute atomic E-state index is 0.0352. The first-order valence-electron chi connectivity index (χ1n) is 6.51. The van der Waals surface area contributed by atoms with Gasteiger partial charge in [0.15, 0.2) is 0 Å². The summed E-state index contributed by atoms with van der Waals surface area (Å²) in [5, 5.41) is 4.02. The maximum atomic E-state index is 12.2. The number of hydrogen-bond donors (Lipinski definition) is 1. The molecule has 1 atom stereocenters. The van der Waals surface area contributed by atoms with Crippen LogP contribution in [-0.4, -0.2) is 23.6 Å². The molecule has 1 aromatic carbocycles. The Morgan fingerprint density at radius 3 is 2.79 bits per heavy atom. The number of carbonyl (C=O) groups is 1. The van der Waals surface area contributed by atoms with Crippen molar-refractivity contribution in [1.29, 1.82) is 0 Å². The van der Waals surface area contributed by atoms with E-state index in [-0.39, 0.29) is 11.9 Å².